The predicted octanol–water partition coefficient (Wildman–Crippen LogP) is 4.42. The third-order valence-electron chi connectivity index (χ3n) is 7.51. The number of nitrogens with one attached hydrogen (secondary N) is 1. The van der Waals surface area contributed by atoms with Crippen LogP contribution in [0.4, 0.5) is 11.4 Å². The van der Waals surface area contributed by atoms with E-state index in [-0.39, 0.29) is 6.04 Å². The lowest BCUT2D eigenvalue weighted by Gasteiger charge is -2.28. The zero-order valence-corrected chi connectivity index (χ0v) is 24.0. The first kappa shape index (κ1) is 28.0. The third-order valence-corrected chi connectivity index (χ3v) is 8.82. The van der Waals surface area contributed by atoms with Gasteiger partial charge >= 0.3 is 0 Å². The molecule has 10 nitrogen and oxygen atoms in total. The molecule has 1 unspecified atom stereocenters. The Labute approximate surface area is 235 Å². The summed E-state index contributed by atoms with van der Waals surface area (Å²) in [6, 6.07) is 12.0. The first-order chi connectivity index (χ1) is 19.3. The Bertz CT molecular complexity index is 1480. The zero-order chi connectivity index (χ0) is 28.3. The number of nitrogens with zero attached hydrogens (tertiary/aromatic N) is 5. The number of methoxy groups -OCH3 is 2. The maximum Gasteiger partial charge on any atom is 0.211 e. The molecule has 1 aromatic heterocycles. The van der Waals surface area contributed by atoms with Crippen molar-refractivity contribution in [1.82, 2.24) is 14.3 Å². The van der Waals surface area contributed by atoms with Crippen LogP contribution in [0.1, 0.15) is 37.3 Å². The lowest BCUT2D eigenvalue weighted by Crippen LogP contribution is -2.39. The van der Waals surface area contributed by atoms with Crippen molar-refractivity contribution in [1.29, 1.82) is 5.41 Å². The smallest absolute Gasteiger partial charge is 0.211 e. The van der Waals surface area contributed by atoms with Gasteiger partial charge in [-0.2, -0.15) is 0 Å². The van der Waals surface area contributed by atoms with E-state index < -0.39 is 15.9 Å². The fourth-order valence-electron chi connectivity index (χ4n) is 4.95. The number of fused-ring (bicyclic) bond motifs is 1. The van der Waals surface area contributed by atoms with Crippen LogP contribution in [0.2, 0.25) is 0 Å². The van der Waals surface area contributed by atoms with E-state index in [9.17, 15) is 8.42 Å². The van der Waals surface area contributed by atoms with Crippen LogP contribution in [0.3, 0.4) is 0 Å². The average Bonchev–Trinajstić information content (AvgIpc) is 3.79. The molecule has 1 saturated carbocycles. The zero-order valence-electron chi connectivity index (χ0n) is 23.2. The number of sulfonamides is 1. The van der Waals surface area contributed by atoms with Crippen LogP contribution in [0.15, 0.2) is 47.6 Å². The Kier molecular flexibility index (Phi) is 8.32. The second kappa shape index (κ2) is 11.9. The van der Waals surface area contributed by atoms with E-state index in [0.29, 0.717) is 37.5 Å². The number of hydrogen-bond acceptors (Lipinski definition) is 9. The number of ether oxygens (including phenoxy) is 2. The first-order valence-corrected chi connectivity index (χ1v) is 15.4. The van der Waals surface area contributed by atoms with Crippen molar-refractivity contribution in [2.45, 2.75) is 37.6 Å². The number of aromatic nitrogens is 2. The normalized spacial score (nSPS) is 17.7. The Morgan fingerprint density at radius 3 is 2.35 bits per heavy atom. The molecule has 1 aliphatic heterocycles. The van der Waals surface area contributed by atoms with Gasteiger partial charge in [0.15, 0.2) is 0 Å². The highest BCUT2D eigenvalue weighted by Crippen LogP contribution is 2.38. The van der Waals surface area contributed by atoms with Gasteiger partial charge in [-0.15, -0.1) is 0 Å². The van der Waals surface area contributed by atoms with Crippen LogP contribution in [0.5, 0.6) is 11.5 Å². The Hall–Kier alpha value is -3.57. The molecule has 1 atom stereocenters. The van der Waals surface area contributed by atoms with Crippen molar-refractivity contribution in [3.8, 4) is 11.5 Å². The van der Waals surface area contributed by atoms with Crippen molar-refractivity contribution in [2.75, 3.05) is 45.0 Å². The standard InChI is InChI=1S/C29H36N6O4S/c1-38-25-12-24(13-26(15-25)39-2)35(19-20-4-5-20)23-6-7-27-28(14-23)33-29(18-32-27)21(16-30)17-31-22-8-10-34(11-9-22)40(3,36)37/h6-7,12-18,20-22,30H,4-5,8-11,19H2,1-3H3. The SMILES string of the molecule is COc1cc(OC)cc(N(CC2CC2)c2ccc3ncc(C(C=N)C=NC4CCN(S(C)(=O)=O)CC4)nc3c2)c1. The fraction of sp³-hybridized carbons (Fsp3) is 0.448. The summed E-state index contributed by atoms with van der Waals surface area (Å²) in [6.07, 6.45) is 9.74. The lowest BCUT2D eigenvalue weighted by molar-refractivity contribution is 0.323. The minimum absolute atomic E-state index is 0.0244. The molecule has 2 fully saturated rings. The van der Waals surface area contributed by atoms with Gasteiger partial charge in [0.2, 0.25) is 10.0 Å². The summed E-state index contributed by atoms with van der Waals surface area (Å²) in [5, 5.41) is 8.02. The minimum atomic E-state index is -3.18. The molecule has 0 bridgehead atoms. The summed E-state index contributed by atoms with van der Waals surface area (Å²) in [7, 11) is 0.127. The largest absolute Gasteiger partial charge is 0.497 e. The fourth-order valence-corrected chi connectivity index (χ4v) is 5.83. The maximum absolute atomic E-state index is 11.8. The van der Waals surface area contributed by atoms with Crippen LogP contribution in [-0.2, 0) is 10.0 Å². The monoisotopic (exact) mass is 564 g/mol. The molecule has 40 heavy (non-hydrogen) atoms. The van der Waals surface area contributed by atoms with E-state index in [0.717, 1.165) is 40.5 Å². The van der Waals surface area contributed by atoms with Gasteiger partial charge in [-0.1, -0.05) is 0 Å². The number of piperidine rings is 1. The summed E-state index contributed by atoms with van der Waals surface area (Å²) in [6.45, 7) is 1.80. The molecule has 5 rings (SSSR count). The quantitative estimate of drug-likeness (QED) is 0.342. The Morgan fingerprint density at radius 1 is 1.05 bits per heavy atom. The Morgan fingerprint density at radius 2 is 1.75 bits per heavy atom. The molecule has 1 aliphatic carbocycles. The summed E-state index contributed by atoms with van der Waals surface area (Å²) < 4.78 is 36.1. The van der Waals surface area contributed by atoms with Gasteiger partial charge in [-0.3, -0.25) is 9.98 Å². The molecular formula is C29H36N6O4S. The predicted molar refractivity (Wildman–Crippen MR) is 158 cm³/mol. The summed E-state index contributed by atoms with van der Waals surface area (Å²) in [5.74, 6) is 1.67. The molecular weight excluding hydrogens is 528 g/mol. The van der Waals surface area contributed by atoms with E-state index in [1.54, 1.807) is 26.6 Å². The molecule has 0 radical (unpaired) electrons. The molecule has 212 valence electrons. The topological polar surface area (TPSA) is 121 Å². The molecule has 0 amide bonds. The van der Waals surface area contributed by atoms with E-state index in [1.807, 2.05) is 30.3 Å². The second-order valence-electron chi connectivity index (χ2n) is 10.5. The van der Waals surface area contributed by atoms with Crippen LogP contribution in [0, 0.1) is 11.3 Å². The van der Waals surface area contributed by atoms with Crippen LogP contribution in [0.25, 0.3) is 11.0 Å². The lowest BCUT2D eigenvalue weighted by atomic mass is 10.1. The first-order valence-electron chi connectivity index (χ1n) is 13.5. The van der Waals surface area contributed by atoms with E-state index in [4.69, 9.17) is 19.9 Å². The Balaban J connectivity index is 1.40. The number of aliphatic imine (C=N–C) groups is 1. The second-order valence-corrected chi connectivity index (χ2v) is 12.5. The van der Waals surface area contributed by atoms with Gasteiger partial charge in [0.1, 0.15) is 11.5 Å². The van der Waals surface area contributed by atoms with Gasteiger partial charge in [0.25, 0.3) is 0 Å². The summed E-state index contributed by atoms with van der Waals surface area (Å²) in [4.78, 5) is 16.5. The third kappa shape index (κ3) is 6.59. The van der Waals surface area contributed by atoms with Crippen molar-refractivity contribution < 1.29 is 17.9 Å². The molecule has 1 saturated heterocycles. The van der Waals surface area contributed by atoms with Crippen LogP contribution in [-0.4, -0.2) is 81.3 Å². The van der Waals surface area contributed by atoms with E-state index in [1.165, 1.54) is 29.6 Å². The van der Waals surface area contributed by atoms with E-state index in [2.05, 4.69) is 20.9 Å². The maximum atomic E-state index is 11.8. The molecule has 2 aliphatic rings. The van der Waals surface area contributed by atoms with Crippen molar-refractivity contribution in [2.24, 2.45) is 10.9 Å². The molecule has 3 aromatic rings. The number of anilines is 2. The molecule has 11 heteroatoms. The number of benzene rings is 2. The summed E-state index contributed by atoms with van der Waals surface area (Å²) >= 11 is 0. The van der Waals surface area contributed by atoms with Crippen molar-refractivity contribution >= 4 is 44.9 Å². The molecule has 1 N–H and O–H groups in total. The van der Waals surface area contributed by atoms with E-state index >= 15 is 0 Å². The highest BCUT2D eigenvalue weighted by atomic mass is 32.2. The van der Waals surface area contributed by atoms with Gasteiger partial charge in [-0.05, 0) is 49.8 Å². The highest BCUT2D eigenvalue weighted by Gasteiger charge is 2.27. The highest BCUT2D eigenvalue weighted by molar-refractivity contribution is 7.88. The number of hydrogen-bond donors (Lipinski definition) is 1. The van der Waals surface area contributed by atoms with Gasteiger partial charge in [-0.25, -0.2) is 17.7 Å². The van der Waals surface area contributed by atoms with Crippen molar-refractivity contribution in [3.63, 3.8) is 0 Å². The van der Waals surface area contributed by atoms with Gasteiger partial charge < -0.3 is 19.8 Å². The average molecular weight is 565 g/mol. The molecule has 2 aromatic carbocycles. The van der Waals surface area contributed by atoms with Crippen LogP contribution < -0.4 is 14.4 Å². The summed E-state index contributed by atoms with van der Waals surface area (Å²) in [5.41, 5.74) is 4.15. The molecule has 2 heterocycles. The van der Waals surface area contributed by atoms with Crippen LogP contribution >= 0.6 is 0 Å². The van der Waals surface area contributed by atoms with Crippen molar-refractivity contribution in [3.05, 3.63) is 48.3 Å². The molecule has 0 spiro atoms. The number of rotatable bonds is 11. The van der Waals surface area contributed by atoms with Gasteiger partial charge in [0.05, 0.1) is 55.4 Å². The minimum Gasteiger partial charge on any atom is -0.497 e. The van der Waals surface area contributed by atoms with Gasteiger partial charge in [0, 0.05) is 61.6 Å².